The van der Waals surface area contributed by atoms with Gasteiger partial charge in [0, 0.05) is 17.1 Å². The van der Waals surface area contributed by atoms with Crippen molar-refractivity contribution in [2.45, 2.75) is 53.4 Å². The summed E-state index contributed by atoms with van der Waals surface area (Å²) in [6.07, 6.45) is 4.22. The van der Waals surface area contributed by atoms with Crippen LogP contribution in [-0.4, -0.2) is 21.6 Å². The molecule has 108 valence electrons. The number of unbranched alkanes of at least 4 members (excludes halogenated alkanes) is 2. The highest BCUT2D eigenvalue weighted by Crippen LogP contribution is 2.25. The quantitative estimate of drug-likeness (QED) is 0.775. The van der Waals surface area contributed by atoms with E-state index in [1.807, 2.05) is 26.8 Å². The smallest absolute Gasteiger partial charge is 0.258 e. The van der Waals surface area contributed by atoms with Crippen LogP contribution in [0.5, 0.6) is 0 Å². The van der Waals surface area contributed by atoms with Gasteiger partial charge in [-0.15, -0.1) is 0 Å². The third-order valence-electron chi connectivity index (χ3n) is 3.53. The Hall–Kier alpha value is -1.78. The molecule has 0 aliphatic carbocycles. The van der Waals surface area contributed by atoms with Gasteiger partial charge < -0.3 is 0 Å². The molecule has 0 aromatic carbocycles. The monoisotopic (exact) mass is 274 g/mol. The van der Waals surface area contributed by atoms with E-state index in [4.69, 9.17) is 0 Å². The lowest BCUT2D eigenvalue weighted by Gasteiger charge is -2.13. The van der Waals surface area contributed by atoms with Crippen LogP contribution in [0.15, 0.2) is 11.2 Å². The first kappa shape index (κ1) is 14.6. The molecular weight excluding hydrogens is 252 g/mol. The molecule has 1 aromatic rings. The maximum absolute atomic E-state index is 12.5. The van der Waals surface area contributed by atoms with Crippen molar-refractivity contribution in [1.29, 1.82) is 0 Å². The fourth-order valence-corrected chi connectivity index (χ4v) is 2.48. The summed E-state index contributed by atoms with van der Waals surface area (Å²) >= 11 is 0. The minimum atomic E-state index is -0.106. The average molecular weight is 274 g/mol. The Morgan fingerprint density at radius 2 is 1.80 bits per heavy atom. The molecule has 0 N–H and O–H groups in total. The number of aryl methyl sites for hydroxylation is 2. The fraction of sp³-hybridized carbons (Fsp3) is 0.600. The Bertz CT molecular complexity index is 518. The molecule has 0 unspecified atom stereocenters. The zero-order valence-electron chi connectivity index (χ0n) is 12.7. The summed E-state index contributed by atoms with van der Waals surface area (Å²) in [7, 11) is 0. The number of carbonyl (C=O) groups excluding carboxylic acids is 1. The van der Waals surface area contributed by atoms with Gasteiger partial charge in [-0.25, -0.2) is 9.97 Å². The normalized spacial score (nSPS) is 18.6. The van der Waals surface area contributed by atoms with Crippen molar-refractivity contribution >= 4 is 17.6 Å². The summed E-state index contributed by atoms with van der Waals surface area (Å²) in [6.45, 7) is 7.87. The summed E-state index contributed by atoms with van der Waals surface area (Å²) in [5, 5.41) is 5.72. The van der Waals surface area contributed by atoms with Gasteiger partial charge in [-0.05, 0) is 33.3 Å². The van der Waals surface area contributed by atoms with Crippen LogP contribution in [0.2, 0.25) is 0 Å². The second-order valence-electron chi connectivity index (χ2n) is 5.39. The minimum Gasteiger partial charge on any atom is -0.272 e. The van der Waals surface area contributed by atoms with E-state index < -0.39 is 0 Å². The molecule has 2 heterocycles. The number of nitrogens with zero attached hydrogens (tertiary/aromatic N) is 4. The molecule has 1 amide bonds. The van der Waals surface area contributed by atoms with E-state index >= 15 is 0 Å². The lowest BCUT2D eigenvalue weighted by molar-refractivity contribution is -0.120. The average Bonchev–Trinajstić information content (AvgIpc) is 2.65. The highest BCUT2D eigenvalue weighted by molar-refractivity contribution is 6.14. The van der Waals surface area contributed by atoms with Gasteiger partial charge in [-0.2, -0.15) is 10.1 Å². The number of anilines is 1. The predicted octanol–water partition coefficient (Wildman–Crippen LogP) is 3.01. The lowest BCUT2D eigenvalue weighted by atomic mass is 9.97. The molecule has 1 aliphatic heterocycles. The van der Waals surface area contributed by atoms with Crippen LogP contribution in [0.4, 0.5) is 5.95 Å². The van der Waals surface area contributed by atoms with Crippen molar-refractivity contribution in [3.05, 3.63) is 17.5 Å². The predicted molar refractivity (Wildman–Crippen MR) is 79.7 cm³/mol. The number of rotatable bonds is 5. The third-order valence-corrected chi connectivity index (χ3v) is 3.53. The number of hydrogen-bond donors (Lipinski definition) is 0. The molecule has 0 radical (unpaired) electrons. The van der Waals surface area contributed by atoms with Gasteiger partial charge in [-0.1, -0.05) is 26.2 Å². The van der Waals surface area contributed by atoms with Crippen molar-refractivity contribution in [3.8, 4) is 0 Å². The molecule has 1 aromatic heterocycles. The van der Waals surface area contributed by atoms with Crippen molar-refractivity contribution in [2.75, 3.05) is 5.01 Å². The second-order valence-corrected chi connectivity index (χ2v) is 5.39. The Morgan fingerprint density at radius 3 is 2.40 bits per heavy atom. The zero-order valence-corrected chi connectivity index (χ0v) is 12.7. The molecule has 0 bridgehead atoms. The van der Waals surface area contributed by atoms with E-state index in [-0.39, 0.29) is 11.8 Å². The third kappa shape index (κ3) is 3.03. The van der Waals surface area contributed by atoms with E-state index in [9.17, 15) is 4.79 Å². The first-order chi connectivity index (χ1) is 9.52. The summed E-state index contributed by atoms with van der Waals surface area (Å²) in [4.78, 5) is 21.1. The van der Waals surface area contributed by atoms with Gasteiger partial charge in [0.25, 0.3) is 11.9 Å². The fourth-order valence-electron chi connectivity index (χ4n) is 2.48. The van der Waals surface area contributed by atoms with Crippen molar-refractivity contribution in [1.82, 2.24) is 9.97 Å². The maximum Gasteiger partial charge on any atom is 0.258 e. The zero-order chi connectivity index (χ0) is 14.7. The van der Waals surface area contributed by atoms with Gasteiger partial charge in [0.15, 0.2) is 0 Å². The Morgan fingerprint density at radius 1 is 1.15 bits per heavy atom. The van der Waals surface area contributed by atoms with Gasteiger partial charge in [0.1, 0.15) is 0 Å². The van der Waals surface area contributed by atoms with Crippen LogP contribution in [0.3, 0.4) is 0 Å². The van der Waals surface area contributed by atoms with Crippen LogP contribution < -0.4 is 5.01 Å². The van der Waals surface area contributed by atoms with E-state index in [2.05, 4.69) is 22.0 Å². The first-order valence-electron chi connectivity index (χ1n) is 7.24. The number of hydrogen-bond acceptors (Lipinski definition) is 4. The summed E-state index contributed by atoms with van der Waals surface area (Å²) in [6, 6.07) is 1.89. The molecular formula is C15H22N4O. The van der Waals surface area contributed by atoms with E-state index in [0.29, 0.717) is 5.95 Å². The topological polar surface area (TPSA) is 58.5 Å². The van der Waals surface area contributed by atoms with Crippen molar-refractivity contribution in [2.24, 2.45) is 11.0 Å². The van der Waals surface area contributed by atoms with Crippen LogP contribution in [0.25, 0.3) is 0 Å². The summed E-state index contributed by atoms with van der Waals surface area (Å²) in [5.74, 6) is 0.291. The molecule has 5 nitrogen and oxygen atoms in total. The molecule has 0 saturated heterocycles. The minimum absolute atomic E-state index is 0.00334. The molecule has 0 fully saturated rings. The molecule has 5 heteroatoms. The second kappa shape index (κ2) is 6.11. The molecule has 20 heavy (non-hydrogen) atoms. The Labute approximate surface area is 120 Å². The summed E-state index contributed by atoms with van der Waals surface area (Å²) in [5.41, 5.74) is 2.57. The van der Waals surface area contributed by atoms with E-state index in [1.165, 1.54) is 5.01 Å². The molecule has 0 spiro atoms. The van der Waals surface area contributed by atoms with Gasteiger partial charge in [0.2, 0.25) is 0 Å². The number of carbonyl (C=O) groups is 1. The highest BCUT2D eigenvalue weighted by Gasteiger charge is 2.35. The molecule has 1 aliphatic rings. The SMILES string of the molecule is CCCCC[C@H]1C(=O)N(c2nc(C)cc(C)n2)N=C1C. The van der Waals surface area contributed by atoms with Crippen LogP contribution in [-0.2, 0) is 4.79 Å². The standard InChI is InChI=1S/C15H22N4O/c1-5-6-7-8-13-12(4)18-19(14(13)20)15-16-10(2)9-11(3)17-15/h9,13H,5-8H2,1-4H3/t13-/m1/s1. The van der Waals surface area contributed by atoms with Crippen molar-refractivity contribution < 1.29 is 4.79 Å². The van der Waals surface area contributed by atoms with Crippen LogP contribution in [0.1, 0.15) is 50.9 Å². The molecule has 0 saturated carbocycles. The lowest BCUT2D eigenvalue weighted by Crippen LogP contribution is -2.28. The highest BCUT2D eigenvalue weighted by atomic mass is 16.2. The Kier molecular flexibility index (Phi) is 4.47. The number of aromatic nitrogens is 2. The van der Waals surface area contributed by atoms with Gasteiger partial charge in [-0.3, -0.25) is 4.79 Å². The number of amides is 1. The number of hydrazone groups is 1. The van der Waals surface area contributed by atoms with Crippen LogP contribution in [0, 0.1) is 19.8 Å². The maximum atomic E-state index is 12.5. The molecule has 2 rings (SSSR count). The largest absolute Gasteiger partial charge is 0.272 e. The van der Waals surface area contributed by atoms with Gasteiger partial charge >= 0.3 is 0 Å². The van der Waals surface area contributed by atoms with E-state index in [1.54, 1.807) is 0 Å². The van der Waals surface area contributed by atoms with Gasteiger partial charge in [0.05, 0.1) is 5.92 Å². The Balaban J connectivity index is 2.16. The van der Waals surface area contributed by atoms with Crippen LogP contribution >= 0.6 is 0 Å². The molecule has 1 atom stereocenters. The van der Waals surface area contributed by atoms with Crippen molar-refractivity contribution in [3.63, 3.8) is 0 Å². The summed E-state index contributed by atoms with van der Waals surface area (Å²) < 4.78 is 0. The first-order valence-corrected chi connectivity index (χ1v) is 7.24. The van der Waals surface area contributed by atoms with E-state index in [0.717, 1.165) is 42.8 Å².